The predicted octanol–water partition coefficient (Wildman–Crippen LogP) is 6.66. The van der Waals surface area contributed by atoms with Crippen molar-refractivity contribution in [1.29, 1.82) is 0 Å². The Morgan fingerprint density at radius 3 is 2.39 bits per heavy atom. The van der Waals surface area contributed by atoms with Crippen molar-refractivity contribution in [2.24, 2.45) is 5.92 Å². The summed E-state index contributed by atoms with van der Waals surface area (Å²) in [4.78, 5) is 13.5. The highest BCUT2D eigenvalue weighted by Crippen LogP contribution is 2.59. The molecule has 0 saturated carbocycles. The van der Waals surface area contributed by atoms with Gasteiger partial charge >= 0.3 is 0 Å². The topological polar surface area (TPSA) is 26.3 Å². The van der Waals surface area contributed by atoms with E-state index in [0.29, 0.717) is 0 Å². The van der Waals surface area contributed by atoms with Crippen LogP contribution < -0.4 is 0 Å². The maximum absolute atomic E-state index is 13.5. The minimum atomic E-state index is -2.10. The van der Waals surface area contributed by atoms with Gasteiger partial charge in [0.1, 0.15) is 5.60 Å². The zero-order valence-corrected chi connectivity index (χ0v) is 19.8. The van der Waals surface area contributed by atoms with Crippen molar-refractivity contribution in [2.45, 2.75) is 50.9 Å². The maximum Gasteiger partial charge on any atom is 0.193 e. The Hall–Kier alpha value is -1.49. The van der Waals surface area contributed by atoms with Crippen molar-refractivity contribution in [1.82, 2.24) is 0 Å². The van der Waals surface area contributed by atoms with Gasteiger partial charge in [0.2, 0.25) is 0 Å². The van der Waals surface area contributed by atoms with Crippen LogP contribution in [0.5, 0.6) is 0 Å². The average molecular weight is 455 g/mol. The quantitative estimate of drug-likeness (QED) is 0.381. The van der Waals surface area contributed by atoms with Crippen LogP contribution in [0.1, 0.15) is 42.3 Å². The van der Waals surface area contributed by atoms with Crippen LogP contribution >= 0.6 is 15.9 Å². The molecule has 2 nitrogen and oxygen atoms in total. The number of carbonyl (C=O) groups is 1. The highest BCUT2D eigenvalue weighted by molar-refractivity contribution is 9.10. The Kier molecular flexibility index (Phi) is 4.61. The van der Waals surface area contributed by atoms with E-state index in [0.717, 1.165) is 22.0 Å². The first kappa shape index (κ1) is 19.8. The van der Waals surface area contributed by atoms with Gasteiger partial charge in [0.25, 0.3) is 0 Å². The van der Waals surface area contributed by atoms with Crippen molar-refractivity contribution in [3.8, 4) is 0 Å². The molecule has 0 unspecified atom stereocenters. The summed E-state index contributed by atoms with van der Waals surface area (Å²) in [6, 6.07) is 16.1. The average Bonchev–Trinajstić information content (AvgIpc) is 2.84. The van der Waals surface area contributed by atoms with Gasteiger partial charge in [0.15, 0.2) is 14.1 Å². The molecule has 4 heteroatoms. The molecule has 0 heterocycles. The van der Waals surface area contributed by atoms with Crippen LogP contribution in [0.2, 0.25) is 18.1 Å². The first-order chi connectivity index (χ1) is 13.1. The lowest BCUT2D eigenvalue weighted by atomic mass is 9.68. The van der Waals surface area contributed by atoms with Crippen LogP contribution in [0.25, 0.3) is 0 Å². The molecule has 0 radical (unpaired) electrons. The number of fused-ring (bicyclic) bond motifs is 3. The van der Waals surface area contributed by atoms with Gasteiger partial charge in [-0.3, -0.25) is 4.79 Å². The lowest BCUT2D eigenvalue weighted by molar-refractivity contribution is 0.0299. The van der Waals surface area contributed by atoms with Crippen molar-refractivity contribution in [3.05, 3.63) is 81.3 Å². The highest BCUT2D eigenvalue weighted by atomic mass is 79.9. The molecule has 0 saturated heterocycles. The highest BCUT2D eigenvalue weighted by Gasteiger charge is 2.60. The molecule has 2 aromatic rings. The summed E-state index contributed by atoms with van der Waals surface area (Å²) in [7, 11) is -2.10. The fourth-order valence-electron chi connectivity index (χ4n) is 4.13. The first-order valence-electron chi connectivity index (χ1n) is 9.87. The number of rotatable bonds is 4. The van der Waals surface area contributed by atoms with Crippen molar-refractivity contribution in [3.63, 3.8) is 0 Å². The molecule has 0 spiro atoms. The molecule has 0 aliphatic heterocycles. The van der Waals surface area contributed by atoms with E-state index in [2.05, 4.69) is 80.1 Å². The van der Waals surface area contributed by atoms with Gasteiger partial charge in [-0.1, -0.05) is 67.0 Å². The number of ketones is 1. The van der Waals surface area contributed by atoms with Crippen LogP contribution in [0, 0.1) is 5.92 Å². The van der Waals surface area contributed by atoms with E-state index in [4.69, 9.17) is 4.43 Å². The minimum Gasteiger partial charge on any atom is -0.403 e. The Bertz CT molecular complexity index is 969. The van der Waals surface area contributed by atoms with Gasteiger partial charge in [-0.25, -0.2) is 0 Å². The summed E-state index contributed by atoms with van der Waals surface area (Å²) in [5.74, 6) is 0.326. The predicted molar refractivity (Wildman–Crippen MR) is 120 cm³/mol. The lowest BCUT2D eigenvalue weighted by Gasteiger charge is -2.51. The number of hydrogen-bond acceptors (Lipinski definition) is 2. The molecule has 2 aliphatic rings. The fraction of sp³-hybridized carbons (Fsp3) is 0.375. The summed E-state index contributed by atoms with van der Waals surface area (Å²) in [5.41, 5.74) is 3.43. The second-order valence-electron chi connectivity index (χ2n) is 9.48. The number of benzene rings is 2. The molecule has 2 aliphatic carbocycles. The van der Waals surface area contributed by atoms with Crippen LogP contribution in [-0.4, -0.2) is 14.1 Å². The maximum atomic E-state index is 13.5. The lowest BCUT2D eigenvalue weighted by Crippen LogP contribution is -2.55. The number of hydrogen-bond donors (Lipinski definition) is 0. The Morgan fingerprint density at radius 1 is 1.11 bits per heavy atom. The summed E-state index contributed by atoms with van der Waals surface area (Å²) in [6.45, 7) is 11.3. The Morgan fingerprint density at radius 2 is 1.75 bits per heavy atom. The molecule has 4 rings (SSSR count). The molecule has 0 fully saturated rings. The van der Waals surface area contributed by atoms with E-state index >= 15 is 0 Å². The summed E-state index contributed by atoms with van der Waals surface area (Å²) in [6.07, 6.45) is 3.10. The molecule has 0 N–H and O–H groups in total. The van der Waals surface area contributed by atoms with Crippen molar-refractivity contribution in [2.75, 3.05) is 0 Å². The summed E-state index contributed by atoms with van der Waals surface area (Å²) < 4.78 is 8.07. The van der Waals surface area contributed by atoms with Gasteiger partial charge in [-0.2, -0.15) is 0 Å². The zero-order valence-electron chi connectivity index (χ0n) is 17.2. The third-order valence-electron chi connectivity index (χ3n) is 6.72. The second kappa shape index (κ2) is 6.51. The van der Waals surface area contributed by atoms with Crippen LogP contribution in [0.4, 0.5) is 0 Å². The summed E-state index contributed by atoms with van der Waals surface area (Å²) in [5, 5.41) is 0.0746. The molecule has 2 aromatic carbocycles. The molecular weight excluding hydrogens is 428 g/mol. The number of halogens is 1. The van der Waals surface area contributed by atoms with Gasteiger partial charge in [-0.05, 0) is 59.9 Å². The minimum absolute atomic E-state index is 0.0746. The third kappa shape index (κ3) is 2.89. The van der Waals surface area contributed by atoms with Gasteiger partial charge in [0, 0.05) is 21.5 Å². The van der Waals surface area contributed by atoms with E-state index in [1.165, 1.54) is 11.1 Å². The Balaban J connectivity index is 1.81. The first-order valence-corrected chi connectivity index (χ1v) is 13.6. The monoisotopic (exact) mass is 454 g/mol. The van der Waals surface area contributed by atoms with Crippen molar-refractivity contribution < 1.29 is 9.22 Å². The van der Waals surface area contributed by atoms with E-state index in [9.17, 15) is 4.79 Å². The van der Waals surface area contributed by atoms with E-state index in [-0.39, 0.29) is 16.7 Å². The van der Waals surface area contributed by atoms with Crippen LogP contribution in [0.15, 0.2) is 64.7 Å². The standard InChI is InChI=1S/C24H27BrO2Si/c1-23(2,3)28(4,5)27-24-18(14-17-8-6-7-9-20(17)24)15-21(24)22(26)16-10-12-19(25)13-11-16/h6-13,15,18H,14H2,1-5H3/t18-,24-/m1/s1. The molecule has 28 heavy (non-hydrogen) atoms. The summed E-state index contributed by atoms with van der Waals surface area (Å²) >= 11 is 3.46. The van der Waals surface area contributed by atoms with Crippen molar-refractivity contribution >= 4 is 30.0 Å². The Labute approximate surface area is 177 Å². The van der Waals surface area contributed by atoms with Gasteiger partial charge in [-0.15, -0.1) is 0 Å². The molecule has 0 aromatic heterocycles. The van der Waals surface area contributed by atoms with Gasteiger partial charge < -0.3 is 4.43 Å². The SMILES string of the molecule is CC(C)(C)[Si](C)(C)O[C@]12C(C(=O)c3ccc(Br)cc3)=C[C@H]1Cc1ccccc12. The molecular formula is C24H27BrO2Si. The molecule has 0 amide bonds. The molecule has 146 valence electrons. The molecule has 0 bridgehead atoms. The normalized spacial score (nSPS) is 23.5. The van der Waals surface area contributed by atoms with Crippen LogP contribution in [-0.2, 0) is 16.4 Å². The largest absolute Gasteiger partial charge is 0.403 e. The van der Waals surface area contributed by atoms with E-state index < -0.39 is 13.9 Å². The van der Waals surface area contributed by atoms with Gasteiger partial charge in [0.05, 0.1) is 0 Å². The fourth-order valence-corrected chi connectivity index (χ4v) is 5.88. The van der Waals surface area contributed by atoms with E-state index in [1.807, 2.05) is 24.3 Å². The zero-order chi connectivity index (χ0) is 20.3. The number of carbonyl (C=O) groups excluding carboxylic acids is 1. The smallest absolute Gasteiger partial charge is 0.193 e. The number of Topliss-reactive ketones (excluding diaryl/α,β-unsaturated/α-hetero) is 1. The van der Waals surface area contributed by atoms with Crippen LogP contribution in [0.3, 0.4) is 0 Å². The van der Waals surface area contributed by atoms with E-state index in [1.54, 1.807) is 0 Å². The second-order valence-corrected chi connectivity index (χ2v) is 15.1. The molecule has 2 atom stereocenters. The third-order valence-corrected chi connectivity index (χ3v) is 11.7.